The number of rotatable bonds is 1. The maximum atomic E-state index is 12.0. The standard InChI is InChI=1S/C11H18N2O/c14-11(10-4-6-12-7-5-10)13-8-2-1-3-9-13/h1-2,10,12H,3-9H2. The SMILES string of the molecule is O=C(C1CCNCC1)N1CC=CCC1. The van der Waals surface area contributed by atoms with E-state index in [0.717, 1.165) is 45.4 Å². The lowest BCUT2D eigenvalue weighted by atomic mass is 9.96. The molecule has 0 aromatic heterocycles. The number of carbonyl (C=O) groups is 1. The lowest BCUT2D eigenvalue weighted by Crippen LogP contribution is -2.42. The molecular weight excluding hydrogens is 176 g/mol. The molecule has 3 nitrogen and oxygen atoms in total. The zero-order valence-corrected chi connectivity index (χ0v) is 8.54. The molecule has 0 aromatic carbocycles. The van der Waals surface area contributed by atoms with Gasteiger partial charge in [0, 0.05) is 19.0 Å². The number of hydrogen-bond donors (Lipinski definition) is 1. The van der Waals surface area contributed by atoms with Gasteiger partial charge in [-0.25, -0.2) is 0 Å². The molecule has 0 radical (unpaired) electrons. The zero-order valence-electron chi connectivity index (χ0n) is 8.54. The minimum absolute atomic E-state index is 0.280. The highest BCUT2D eigenvalue weighted by Crippen LogP contribution is 2.16. The monoisotopic (exact) mass is 194 g/mol. The van der Waals surface area contributed by atoms with Gasteiger partial charge in [0.2, 0.25) is 5.91 Å². The fourth-order valence-corrected chi connectivity index (χ4v) is 2.17. The van der Waals surface area contributed by atoms with Gasteiger partial charge in [-0.1, -0.05) is 12.2 Å². The molecule has 1 fully saturated rings. The molecule has 2 aliphatic rings. The molecule has 78 valence electrons. The van der Waals surface area contributed by atoms with Gasteiger partial charge in [-0.05, 0) is 32.4 Å². The predicted molar refractivity (Wildman–Crippen MR) is 55.9 cm³/mol. The van der Waals surface area contributed by atoms with Crippen molar-refractivity contribution in [2.75, 3.05) is 26.2 Å². The van der Waals surface area contributed by atoms with E-state index in [4.69, 9.17) is 0 Å². The van der Waals surface area contributed by atoms with Crippen LogP contribution >= 0.6 is 0 Å². The van der Waals surface area contributed by atoms with Gasteiger partial charge in [-0.15, -0.1) is 0 Å². The smallest absolute Gasteiger partial charge is 0.226 e. The van der Waals surface area contributed by atoms with Crippen LogP contribution in [0, 0.1) is 5.92 Å². The fraction of sp³-hybridized carbons (Fsp3) is 0.727. The van der Waals surface area contributed by atoms with Crippen molar-refractivity contribution in [3.63, 3.8) is 0 Å². The molecule has 0 spiro atoms. The zero-order chi connectivity index (χ0) is 9.80. The van der Waals surface area contributed by atoms with Gasteiger partial charge < -0.3 is 10.2 Å². The highest BCUT2D eigenvalue weighted by atomic mass is 16.2. The van der Waals surface area contributed by atoms with Crippen LogP contribution in [0.25, 0.3) is 0 Å². The molecule has 2 heterocycles. The Balaban J connectivity index is 1.89. The van der Waals surface area contributed by atoms with Crippen LogP contribution in [0.2, 0.25) is 0 Å². The van der Waals surface area contributed by atoms with Crippen molar-refractivity contribution in [3.8, 4) is 0 Å². The van der Waals surface area contributed by atoms with Crippen LogP contribution in [-0.4, -0.2) is 37.0 Å². The second-order valence-corrected chi connectivity index (χ2v) is 4.07. The van der Waals surface area contributed by atoms with E-state index in [1.54, 1.807) is 0 Å². The van der Waals surface area contributed by atoms with Crippen LogP contribution in [0.4, 0.5) is 0 Å². The lowest BCUT2D eigenvalue weighted by Gasteiger charge is -2.30. The minimum Gasteiger partial charge on any atom is -0.338 e. The van der Waals surface area contributed by atoms with Crippen molar-refractivity contribution < 1.29 is 4.79 Å². The molecule has 0 saturated carbocycles. The first-order valence-electron chi connectivity index (χ1n) is 5.52. The Bertz CT molecular complexity index is 231. The molecule has 1 amide bonds. The van der Waals surface area contributed by atoms with Crippen molar-refractivity contribution in [2.45, 2.75) is 19.3 Å². The van der Waals surface area contributed by atoms with Gasteiger partial charge in [0.15, 0.2) is 0 Å². The summed E-state index contributed by atoms with van der Waals surface area (Å²) in [6, 6.07) is 0. The predicted octanol–water partition coefficient (Wildman–Crippen LogP) is 0.774. The van der Waals surface area contributed by atoms with Crippen LogP contribution in [0.5, 0.6) is 0 Å². The Kier molecular flexibility index (Phi) is 3.19. The van der Waals surface area contributed by atoms with Gasteiger partial charge in [0.25, 0.3) is 0 Å². The number of amides is 1. The van der Waals surface area contributed by atoms with Gasteiger partial charge in [0.1, 0.15) is 0 Å². The Labute approximate surface area is 85.2 Å². The molecule has 1 saturated heterocycles. The minimum atomic E-state index is 0.280. The van der Waals surface area contributed by atoms with E-state index in [9.17, 15) is 4.79 Å². The Hall–Kier alpha value is -0.830. The van der Waals surface area contributed by atoms with Crippen molar-refractivity contribution in [1.82, 2.24) is 10.2 Å². The van der Waals surface area contributed by atoms with E-state index in [2.05, 4.69) is 17.5 Å². The third-order valence-electron chi connectivity index (χ3n) is 3.06. The highest BCUT2D eigenvalue weighted by Gasteiger charge is 2.25. The first kappa shape index (κ1) is 9.71. The first-order valence-corrected chi connectivity index (χ1v) is 5.52. The molecule has 0 atom stereocenters. The Morgan fingerprint density at radius 3 is 2.71 bits per heavy atom. The van der Waals surface area contributed by atoms with E-state index in [1.807, 2.05) is 4.90 Å². The average molecular weight is 194 g/mol. The Morgan fingerprint density at radius 1 is 1.29 bits per heavy atom. The lowest BCUT2D eigenvalue weighted by molar-refractivity contribution is -0.135. The van der Waals surface area contributed by atoms with Crippen LogP contribution in [0.15, 0.2) is 12.2 Å². The maximum absolute atomic E-state index is 12.0. The summed E-state index contributed by atoms with van der Waals surface area (Å²) < 4.78 is 0. The molecule has 0 unspecified atom stereocenters. The third-order valence-corrected chi connectivity index (χ3v) is 3.06. The second kappa shape index (κ2) is 4.60. The quantitative estimate of drug-likeness (QED) is 0.625. The van der Waals surface area contributed by atoms with Gasteiger partial charge >= 0.3 is 0 Å². The van der Waals surface area contributed by atoms with E-state index < -0.39 is 0 Å². The molecule has 0 bridgehead atoms. The molecule has 2 aliphatic heterocycles. The number of carbonyl (C=O) groups excluding carboxylic acids is 1. The van der Waals surface area contributed by atoms with Crippen LogP contribution in [-0.2, 0) is 4.79 Å². The highest BCUT2D eigenvalue weighted by molar-refractivity contribution is 5.79. The summed E-state index contributed by atoms with van der Waals surface area (Å²) in [6.45, 7) is 3.74. The van der Waals surface area contributed by atoms with E-state index >= 15 is 0 Å². The van der Waals surface area contributed by atoms with E-state index in [-0.39, 0.29) is 5.92 Å². The molecule has 14 heavy (non-hydrogen) atoms. The topological polar surface area (TPSA) is 32.3 Å². The fourth-order valence-electron chi connectivity index (χ4n) is 2.17. The summed E-state index contributed by atoms with van der Waals surface area (Å²) in [4.78, 5) is 14.0. The molecule has 0 aromatic rings. The van der Waals surface area contributed by atoms with Crippen molar-refractivity contribution in [1.29, 1.82) is 0 Å². The maximum Gasteiger partial charge on any atom is 0.226 e. The van der Waals surface area contributed by atoms with E-state index in [0.29, 0.717) is 5.91 Å². The third kappa shape index (κ3) is 2.15. The summed E-state index contributed by atoms with van der Waals surface area (Å²) in [7, 11) is 0. The summed E-state index contributed by atoms with van der Waals surface area (Å²) in [5, 5.41) is 3.29. The summed E-state index contributed by atoms with van der Waals surface area (Å²) >= 11 is 0. The van der Waals surface area contributed by atoms with Crippen LogP contribution in [0.1, 0.15) is 19.3 Å². The average Bonchev–Trinajstić information content (AvgIpc) is 2.30. The summed E-state index contributed by atoms with van der Waals surface area (Å²) in [5.41, 5.74) is 0. The van der Waals surface area contributed by atoms with Gasteiger partial charge in [0.05, 0.1) is 0 Å². The largest absolute Gasteiger partial charge is 0.338 e. The molecular formula is C11H18N2O. The number of hydrogen-bond acceptors (Lipinski definition) is 2. The van der Waals surface area contributed by atoms with Gasteiger partial charge in [-0.2, -0.15) is 0 Å². The molecule has 2 rings (SSSR count). The van der Waals surface area contributed by atoms with Crippen LogP contribution in [0.3, 0.4) is 0 Å². The van der Waals surface area contributed by atoms with Crippen LogP contribution < -0.4 is 5.32 Å². The number of piperidine rings is 1. The molecule has 0 aliphatic carbocycles. The molecule has 3 heteroatoms. The first-order chi connectivity index (χ1) is 6.88. The van der Waals surface area contributed by atoms with Crippen molar-refractivity contribution in [2.24, 2.45) is 5.92 Å². The Morgan fingerprint density at radius 2 is 2.07 bits per heavy atom. The normalized spacial score (nSPS) is 23.9. The van der Waals surface area contributed by atoms with Crippen molar-refractivity contribution >= 4 is 5.91 Å². The summed E-state index contributed by atoms with van der Waals surface area (Å²) in [5.74, 6) is 0.651. The van der Waals surface area contributed by atoms with Gasteiger partial charge in [-0.3, -0.25) is 4.79 Å². The molecule has 1 N–H and O–H groups in total. The van der Waals surface area contributed by atoms with E-state index in [1.165, 1.54) is 0 Å². The number of nitrogens with zero attached hydrogens (tertiary/aromatic N) is 1. The second-order valence-electron chi connectivity index (χ2n) is 4.07. The summed E-state index contributed by atoms with van der Waals surface area (Å²) in [6.07, 6.45) is 7.31. The van der Waals surface area contributed by atoms with Crippen molar-refractivity contribution in [3.05, 3.63) is 12.2 Å². The number of nitrogens with one attached hydrogen (secondary N) is 1.